The largest absolute Gasteiger partial charge is 0.379 e. The van der Waals surface area contributed by atoms with E-state index in [4.69, 9.17) is 4.74 Å². The van der Waals surface area contributed by atoms with Crippen LogP contribution < -0.4 is 5.32 Å². The Balaban J connectivity index is 1.65. The van der Waals surface area contributed by atoms with Crippen molar-refractivity contribution < 1.29 is 14.3 Å². The average molecular weight is 261 g/mol. The van der Waals surface area contributed by atoms with E-state index in [1.807, 2.05) is 18.2 Å². The van der Waals surface area contributed by atoms with E-state index in [-0.39, 0.29) is 17.7 Å². The van der Waals surface area contributed by atoms with Crippen molar-refractivity contribution in [3.8, 4) is 0 Å². The Kier molecular flexibility index (Phi) is 5.10. The van der Waals surface area contributed by atoms with Gasteiger partial charge in [-0.2, -0.15) is 0 Å². The number of carbonyl (C=O) groups excluding carboxylic acids is 2. The molecule has 4 nitrogen and oxygen atoms in total. The Morgan fingerprint density at radius 2 is 2.00 bits per heavy atom. The fraction of sp³-hybridized carbons (Fsp3) is 0.467. The Hall–Kier alpha value is -1.68. The normalized spacial score (nSPS) is 18.2. The highest BCUT2D eigenvalue weighted by atomic mass is 16.5. The number of hydrogen-bond acceptors (Lipinski definition) is 3. The lowest BCUT2D eigenvalue weighted by Crippen LogP contribution is -2.34. The van der Waals surface area contributed by atoms with Crippen LogP contribution in [-0.4, -0.2) is 30.9 Å². The van der Waals surface area contributed by atoms with E-state index < -0.39 is 0 Å². The molecule has 102 valence electrons. The number of Topliss-reactive ketones (excluding diaryl/α,β-unsaturated/α-hetero) is 1. The highest BCUT2D eigenvalue weighted by molar-refractivity contribution is 5.96. The van der Waals surface area contributed by atoms with E-state index in [1.54, 1.807) is 12.1 Å². The summed E-state index contributed by atoms with van der Waals surface area (Å²) in [5.74, 6) is 0.106. The van der Waals surface area contributed by atoms with Crippen LogP contribution in [0.25, 0.3) is 0 Å². The molecule has 1 aliphatic heterocycles. The van der Waals surface area contributed by atoms with Crippen LogP contribution in [0, 0.1) is 0 Å². The van der Waals surface area contributed by atoms with Crippen LogP contribution in [0.1, 0.15) is 36.0 Å². The maximum atomic E-state index is 11.8. The van der Waals surface area contributed by atoms with Crippen molar-refractivity contribution in [2.75, 3.05) is 13.2 Å². The van der Waals surface area contributed by atoms with Gasteiger partial charge in [-0.15, -0.1) is 0 Å². The van der Waals surface area contributed by atoms with Gasteiger partial charge < -0.3 is 10.1 Å². The summed E-state index contributed by atoms with van der Waals surface area (Å²) in [6.45, 7) is 1.33. The zero-order valence-electron chi connectivity index (χ0n) is 10.9. The second-order valence-corrected chi connectivity index (χ2v) is 4.77. The van der Waals surface area contributed by atoms with Gasteiger partial charge in [0.25, 0.3) is 0 Å². The van der Waals surface area contributed by atoms with E-state index in [1.165, 1.54) is 0 Å². The Bertz CT molecular complexity index is 424. The molecule has 0 bridgehead atoms. The molecular weight excluding hydrogens is 242 g/mol. The summed E-state index contributed by atoms with van der Waals surface area (Å²) in [5, 5.41) is 2.92. The Labute approximate surface area is 113 Å². The first-order valence-electron chi connectivity index (χ1n) is 6.71. The van der Waals surface area contributed by atoms with E-state index >= 15 is 0 Å². The number of ketones is 1. The van der Waals surface area contributed by atoms with E-state index in [9.17, 15) is 9.59 Å². The van der Waals surface area contributed by atoms with E-state index in [0.717, 1.165) is 13.0 Å². The number of nitrogens with one attached hydrogen (secondary N) is 1. The summed E-state index contributed by atoms with van der Waals surface area (Å²) in [6.07, 6.45) is 2.29. The van der Waals surface area contributed by atoms with Crippen molar-refractivity contribution in [1.29, 1.82) is 0 Å². The standard InChI is InChI=1S/C15H19NO3/c17-14(12-5-2-1-3-6-12)7-4-8-15(18)16-13-9-10-19-11-13/h1-3,5-6,13H,4,7-11H2,(H,16,18)/t13-/m0/s1. The first-order valence-corrected chi connectivity index (χ1v) is 6.71. The first kappa shape index (κ1) is 13.7. The van der Waals surface area contributed by atoms with Crippen LogP contribution in [0.3, 0.4) is 0 Å². The number of carbonyl (C=O) groups is 2. The summed E-state index contributed by atoms with van der Waals surface area (Å²) in [5.41, 5.74) is 0.715. The van der Waals surface area contributed by atoms with Gasteiger partial charge in [0.15, 0.2) is 5.78 Å². The van der Waals surface area contributed by atoms with Gasteiger partial charge in [0.1, 0.15) is 0 Å². The fourth-order valence-electron chi connectivity index (χ4n) is 2.13. The van der Waals surface area contributed by atoms with E-state index in [0.29, 0.717) is 31.4 Å². The molecule has 0 aliphatic carbocycles. The van der Waals surface area contributed by atoms with Crippen molar-refractivity contribution in [3.63, 3.8) is 0 Å². The van der Waals surface area contributed by atoms with Crippen LogP contribution in [0.4, 0.5) is 0 Å². The monoisotopic (exact) mass is 261 g/mol. The summed E-state index contributed by atoms with van der Waals surface area (Å²) < 4.78 is 5.19. The molecule has 4 heteroatoms. The molecule has 0 radical (unpaired) electrons. The molecule has 19 heavy (non-hydrogen) atoms. The topological polar surface area (TPSA) is 55.4 Å². The van der Waals surface area contributed by atoms with Crippen molar-refractivity contribution in [1.82, 2.24) is 5.32 Å². The second kappa shape index (κ2) is 7.04. The van der Waals surface area contributed by atoms with Crippen LogP contribution >= 0.6 is 0 Å². The molecule has 1 atom stereocenters. The number of hydrogen-bond donors (Lipinski definition) is 1. The maximum Gasteiger partial charge on any atom is 0.220 e. The summed E-state index contributed by atoms with van der Waals surface area (Å²) in [6, 6.07) is 9.34. The van der Waals surface area contributed by atoms with Crippen LogP contribution in [0.2, 0.25) is 0 Å². The molecule has 0 saturated carbocycles. The summed E-state index contributed by atoms with van der Waals surface area (Å²) in [4.78, 5) is 23.5. The SMILES string of the molecule is O=C(CCCC(=O)c1ccccc1)N[C@H]1CCOC1. The zero-order valence-corrected chi connectivity index (χ0v) is 10.9. The third kappa shape index (κ3) is 4.48. The molecule has 0 spiro atoms. The van der Waals surface area contributed by atoms with Gasteiger partial charge >= 0.3 is 0 Å². The number of benzene rings is 1. The minimum atomic E-state index is 0.0105. The molecule has 0 aromatic heterocycles. The minimum absolute atomic E-state index is 0.0105. The van der Waals surface area contributed by atoms with Gasteiger partial charge in [0.05, 0.1) is 12.6 Å². The van der Waals surface area contributed by atoms with Gasteiger partial charge in [-0.25, -0.2) is 0 Å². The highest BCUT2D eigenvalue weighted by Gasteiger charge is 2.17. The van der Waals surface area contributed by atoms with Crippen LogP contribution in [0.15, 0.2) is 30.3 Å². The predicted molar refractivity (Wildman–Crippen MR) is 72.0 cm³/mol. The quantitative estimate of drug-likeness (QED) is 0.796. The van der Waals surface area contributed by atoms with Gasteiger partial charge in [-0.3, -0.25) is 9.59 Å². The van der Waals surface area contributed by atoms with Gasteiger partial charge in [-0.1, -0.05) is 30.3 Å². The van der Waals surface area contributed by atoms with Gasteiger partial charge in [-0.05, 0) is 12.8 Å². The molecule has 1 aromatic rings. The minimum Gasteiger partial charge on any atom is -0.379 e. The van der Waals surface area contributed by atoms with Crippen molar-refractivity contribution in [2.45, 2.75) is 31.7 Å². The van der Waals surface area contributed by atoms with Gasteiger partial charge in [0.2, 0.25) is 5.91 Å². The Morgan fingerprint density at radius 1 is 1.21 bits per heavy atom. The molecule has 1 saturated heterocycles. The van der Waals surface area contributed by atoms with Crippen LogP contribution in [-0.2, 0) is 9.53 Å². The lowest BCUT2D eigenvalue weighted by molar-refractivity contribution is -0.121. The molecule has 2 rings (SSSR count). The molecule has 1 fully saturated rings. The number of amides is 1. The molecule has 1 heterocycles. The maximum absolute atomic E-state index is 11.8. The number of ether oxygens (including phenoxy) is 1. The summed E-state index contributed by atoms with van der Waals surface area (Å²) in [7, 11) is 0. The lowest BCUT2D eigenvalue weighted by atomic mass is 10.1. The summed E-state index contributed by atoms with van der Waals surface area (Å²) >= 11 is 0. The van der Waals surface area contributed by atoms with Gasteiger partial charge in [0, 0.05) is 25.0 Å². The van der Waals surface area contributed by atoms with Crippen molar-refractivity contribution in [3.05, 3.63) is 35.9 Å². The molecule has 1 aromatic carbocycles. The average Bonchev–Trinajstić information content (AvgIpc) is 2.92. The smallest absolute Gasteiger partial charge is 0.220 e. The molecule has 0 unspecified atom stereocenters. The Morgan fingerprint density at radius 3 is 2.68 bits per heavy atom. The third-order valence-corrected chi connectivity index (χ3v) is 3.20. The number of rotatable bonds is 6. The molecule has 1 N–H and O–H groups in total. The first-order chi connectivity index (χ1) is 9.25. The highest BCUT2D eigenvalue weighted by Crippen LogP contribution is 2.08. The van der Waals surface area contributed by atoms with Crippen molar-refractivity contribution in [2.24, 2.45) is 0 Å². The molecule has 1 amide bonds. The van der Waals surface area contributed by atoms with Crippen molar-refractivity contribution >= 4 is 11.7 Å². The third-order valence-electron chi connectivity index (χ3n) is 3.20. The predicted octanol–water partition coefficient (Wildman–Crippen LogP) is 1.94. The molecular formula is C15H19NO3. The van der Waals surface area contributed by atoms with E-state index in [2.05, 4.69) is 5.32 Å². The fourth-order valence-corrected chi connectivity index (χ4v) is 2.13. The molecule has 1 aliphatic rings. The lowest BCUT2D eigenvalue weighted by Gasteiger charge is -2.10. The van der Waals surface area contributed by atoms with Crippen LogP contribution in [0.5, 0.6) is 0 Å². The zero-order chi connectivity index (χ0) is 13.5. The second-order valence-electron chi connectivity index (χ2n) is 4.77.